The van der Waals surface area contributed by atoms with E-state index >= 15 is 0 Å². The largest absolute Gasteiger partial charge is 0.456 e. The monoisotopic (exact) mass is 432 g/mol. The molecule has 2 heterocycles. The van der Waals surface area contributed by atoms with Crippen LogP contribution in [0.15, 0.2) is 6.07 Å². The van der Waals surface area contributed by atoms with Crippen LogP contribution in [-0.4, -0.2) is 59.4 Å². The van der Waals surface area contributed by atoms with E-state index in [1.165, 1.54) is 6.92 Å². The lowest BCUT2D eigenvalue weighted by Gasteiger charge is -2.21. The molecule has 2 aliphatic rings. The second-order valence-electron chi connectivity index (χ2n) is 8.71. The van der Waals surface area contributed by atoms with Crippen LogP contribution < -0.4 is 0 Å². The Morgan fingerprint density at radius 3 is 2.23 bits per heavy atom. The summed E-state index contributed by atoms with van der Waals surface area (Å²) in [7, 11) is 1.63. The number of fused-ring (bicyclic) bond motifs is 1. The number of esters is 1. The molecule has 1 aliphatic heterocycles. The number of carbonyl (C=O) groups excluding carboxylic acids is 4. The van der Waals surface area contributed by atoms with E-state index in [9.17, 15) is 19.2 Å². The highest BCUT2D eigenvalue weighted by molar-refractivity contribution is 6.08. The van der Waals surface area contributed by atoms with E-state index < -0.39 is 18.6 Å². The molecule has 8 nitrogen and oxygen atoms in total. The van der Waals surface area contributed by atoms with Crippen molar-refractivity contribution in [3.05, 3.63) is 23.0 Å². The lowest BCUT2D eigenvalue weighted by atomic mass is 9.81. The van der Waals surface area contributed by atoms with Crippen LogP contribution in [-0.2, 0) is 23.9 Å². The summed E-state index contributed by atoms with van der Waals surface area (Å²) in [6, 6.07) is 0.802. The number of aryl methyl sites for hydroxylation is 1. The lowest BCUT2D eigenvalue weighted by molar-refractivity contribution is -0.157. The summed E-state index contributed by atoms with van der Waals surface area (Å²) < 4.78 is 12.5. The number of Topliss-reactive ketones (excluding diaryl/α,β-unsaturated/α-hetero) is 1. The second-order valence-corrected chi connectivity index (χ2v) is 8.71. The van der Waals surface area contributed by atoms with E-state index in [0.717, 1.165) is 29.1 Å². The van der Waals surface area contributed by atoms with Gasteiger partial charge < -0.3 is 14.0 Å². The topological polar surface area (TPSA) is 94.9 Å². The Morgan fingerprint density at radius 2 is 1.68 bits per heavy atom. The summed E-state index contributed by atoms with van der Waals surface area (Å²) in [6.45, 7) is 7.32. The summed E-state index contributed by atoms with van der Waals surface area (Å²) >= 11 is 0. The number of nitrogens with zero attached hydrogens (tertiary/aromatic N) is 2. The molecule has 8 heteroatoms. The highest BCUT2D eigenvalue weighted by atomic mass is 16.5. The van der Waals surface area contributed by atoms with E-state index in [4.69, 9.17) is 9.47 Å². The second kappa shape index (κ2) is 9.34. The van der Waals surface area contributed by atoms with Crippen molar-refractivity contribution in [3.8, 4) is 0 Å². The van der Waals surface area contributed by atoms with E-state index in [1.54, 1.807) is 13.2 Å². The van der Waals surface area contributed by atoms with Crippen LogP contribution >= 0.6 is 0 Å². The number of aromatic nitrogens is 1. The SMILES string of the molecule is COCC(C)n1c(C)cc(C(=O)COC(=O)C(C)N2C(=O)C3CCCCC3C2=O)c1C. The van der Waals surface area contributed by atoms with Crippen molar-refractivity contribution in [3.63, 3.8) is 0 Å². The van der Waals surface area contributed by atoms with Crippen molar-refractivity contribution in [2.45, 2.75) is 65.5 Å². The highest BCUT2D eigenvalue weighted by Gasteiger charge is 2.51. The first-order valence-corrected chi connectivity index (χ1v) is 10.9. The van der Waals surface area contributed by atoms with Crippen LogP contribution in [0.1, 0.15) is 67.3 Å². The quantitative estimate of drug-likeness (QED) is 0.356. The molecule has 1 saturated carbocycles. The summed E-state index contributed by atoms with van der Waals surface area (Å²) in [5, 5.41) is 0. The molecule has 0 spiro atoms. The number of rotatable bonds is 8. The predicted molar refractivity (Wildman–Crippen MR) is 113 cm³/mol. The third-order valence-electron chi connectivity index (χ3n) is 6.58. The Labute approximate surface area is 182 Å². The van der Waals surface area contributed by atoms with Crippen molar-refractivity contribution in [2.24, 2.45) is 11.8 Å². The molecule has 4 unspecified atom stereocenters. The van der Waals surface area contributed by atoms with Gasteiger partial charge in [-0.15, -0.1) is 0 Å². The average Bonchev–Trinajstić information content (AvgIpc) is 3.18. The van der Waals surface area contributed by atoms with Crippen LogP contribution in [0.5, 0.6) is 0 Å². The van der Waals surface area contributed by atoms with Crippen LogP contribution in [0.2, 0.25) is 0 Å². The molecular formula is C23H32N2O6. The molecule has 1 aromatic rings. The number of likely N-dealkylation sites (tertiary alicyclic amines) is 1. The summed E-state index contributed by atoms with van der Waals surface area (Å²) in [5.41, 5.74) is 2.19. The number of hydrogen-bond acceptors (Lipinski definition) is 6. The highest BCUT2D eigenvalue weighted by Crippen LogP contribution is 2.38. The first-order valence-electron chi connectivity index (χ1n) is 10.9. The molecule has 31 heavy (non-hydrogen) atoms. The Kier molecular flexibility index (Phi) is 6.99. The lowest BCUT2D eigenvalue weighted by Crippen LogP contribution is -2.44. The van der Waals surface area contributed by atoms with Gasteiger partial charge in [0.05, 0.1) is 24.5 Å². The van der Waals surface area contributed by atoms with Crippen molar-refractivity contribution in [1.29, 1.82) is 0 Å². The Hall–Kier alpha value is -2.48. The fourth-order valence-corrected chi connectivity index (χ4v) is 5.06. The number of hydrogen-bond donors (Lipinski definition) is 0. The van der Waals surface area contributed by atoms with E-state index in [2.05, 4.69) is 0 Å². The maximum atomic E-state index is 12.7. The van der Waals surface area contributed by atoms with Crippen molar-refractivity contribution in [2.75, 3.05) is 20.3 Å². The molecule has 1 saturated heterocycles. The van der Waals surface area contributed by atoms with Gasteiger partial charge in [-0.3, -0.25) is 19.3 Å². The van der Waals surface area contributed by atoms with E-state index in [1.807, 2.05) is 25.3 Å². The van der Waals surface area contributed by atoms with Gasteiger partial charge in [-0.05, 0) is 46.6 Å². The van der Waals surface area contributed by atoms with Gasteiger partial charge in [0.25, 0.3) is 0 Å². The molecule has 0 radical (unpaired) electrons. The summed E-state index contributed by atoms with van der Waals surface area (Å²) in [5.74, 6) is -2.29. The minimum atomic E-state index is -1.03. The molecule has 1 aliphatic carbocycles. The Balaban J connectivity index is 1.64. The number of ketones is 1. The predicted octanol–water partition coefficient (Wildman–Crippen LogP) is 2.60. The van der Waals surface area contributed by atoms with Gasteiger partial charge in [-0.25, -0.2) is 4.79 Å². The molecule has 0 bridgehead atoms. The third kappa shape index (κ3) is 4.31. The number of amides is 2. The molecule has 2 amide bonds. The fraction of sp³-hybridized carbons (Fsp3) is 0.652. The fourth-order valence-electron chi connectivity index (χ4n) is 5.06. The van der Waals surface area contributed by atoms with Crippen LogP contribution in [0, 0.1) is 25.7 Å². The normalized spacial score (nSPS) is 22.9. The van der Waals surface area contributed by atoms with E-state index in [-0.39, 0.29) is 35.5 Å². The number of imide groups is 1. The molecule has 2 fully saturated rings. The number of ether oxygens (including phenoxy) is 2. The maximum Gasteiger partial charge on any atom is 0.329 e. The standard InChI is InChI=1S/C23H32N2O6/c1-13-10-19(15(3)24(13)14(2)11-30-5)20(26)12-31-23(29)16(4)25-21(27)17-8-6-7-9-18(17)22(25)28/h10,14,16-18H,6-9,11-12H2,1-5H3. The molecular weight excluding hydrogens is 400 g/mol. The smallest absolute Gasteiger partial charge is 0.329 e. The van der Waals surface area contributed by atoms with Crippen molar-refractivity contribution < 1.29 is 28.7 Å². The van der Waals surface area contributed by atoms with Crippen molar-refractivity contribution >= 4 is 23.6 Å². The number of methoxy groups -OCH3 is 1. The van der Waals surface area contributed by atoms with Gasteiger partial charge in [0, 0.05) is 24.1 Å². The first-order chi connectivity index (χ1) is 14.7. The number of carbonyl (C=O) groups is 4. The van der Waals surface area contributed by atoms with Crippen LogP contribution in [0.3, 0.4) is 0 Å². The van der Waals surface area contributed by atoms with Crippen LogP contribution in [0.25, 0.3) is 0 Å². The van der Waals surface area contributed by atoms with Gasteiger partial charge in [-0.2, -0.15) is 0 Å². The first kappa shape index (κ1) is 23.2. The van der Waals surface area contributed by atoms with E-state index in [0.29, 0.717) is 25.0 Å². The van der Waals surface area contributed by atoms with Gasteiger partial charge >= 0.3 is 5.97 Å². The van der Waals surface area contributed by atoms with Crippen LogP contribution in [0.4, 0.5) is 0 Å². The zero-order valence-corrected chi connectivity index (χ0v) is 19.0. The Morgan fingerprint density at radius 1 is 1.10 bits per heavy atom. The minimum Gasteiger partial charge on any atom is -0.456 e. The van der Waals surface area contributed by atoms with Crippen molar-refractivity contribution in [1.82, 2.24) is 9.47 Å². The molecule has 170 valence electrons. The average molecular weight is 433 g/mol. The third-order valence-corrected chi connectivity index (χ3v) is 6.58. The molecule has 0 N–H and O–H groups in total. The molecule has 0 aromatic carbocycles. The molecule has 3 rings (SSSR count). The summed E-state index contributed by atoms with van der Waals surface area (Å²) in [6.07, 6.45) is 3.21. The summed E-state index contributed by atoms with van der Waals surface area (Å²) in [4.78, 5) is 51.7. The van der Waals surface area contributed by atoms with Gasteiger partial charge in [0.2, 0.25) is 17.6 Å². The minimum absolute atomic E-state index is 0.0600. The maximum absolute atomic E-state index is 12.7. The Bertz CT molecular complexity index is 865. The zero-order valence-electron chi connectivity index (χ0n) is 19.0. The van der Waals surface area contributed by atoms with Gasteiger partial charge in [-0.1, -0.05) is 12.8 Å². The molecule has 1 aromatic heterocycles. The van der Waals surface area contributed by atoms with Gasteiger partial charge in [0.1, 0.15) is 6.04 Å². The zero-order chi connectivity index (χ0) is 22.9. The van der Waals surface area contributed by atoms with Gasteiger partial charge in [0.15, 0.2) is 6.61 Å². The molecule has 4 atom stereocenters.